The number of anilines is 5. The van der Waals surface area contributed by atoms with Gasteiger partial charge in [0.05, 0.1) is 10.6 Å². The SMILES string of the molecule is Cc1nc(Nc2ccc(NC(=O)Nc3ccc(Cl)c(C(F)(F)F)c3)cc2)cc(N(C)C)n1. The summed E-state index contributed by atoms with van der Waals surface area (Å²) >= 11 is 5.59. The molecule has 168 valence electrons. The first-order valence-electron chi connectivity index (χ1n) is 9.36. The van der Waals surface area contributed by atoms with Crippen molar-refractivity contribution in [2.45, 2.75) is 13.1 Å². The van der Waals surface area contributed by atoms with Crippen LogP contribution in [0.4, 0.5) is 46.7 Å². The van der Waals surface area contributed by atoms with Gasteiger partial charge in [0, 0.05) is 37.2 Å². The molecule has 0 unspecified atom stereocenters. The van der Waals surface area contributed by atoms with Gasteiger partial charge in [-0.1, -0.05) is 11.6 Å². The molecular formula is C21H20ClF3N6O. The normalized spacial score (nSPS) is 11.1. The molecule has 1 aromatic heterocycles. The number of nitrogens with one attached hydrogen (secondary N) is 3. The van der Waals surface area contributed by atoms with Gasteiger partial charge < -0.3 is 20.9 Å². The molecular weight excluding hydrogens is 445 g/mol. The molecule has 3 aromatic rings. The number of rotatable bonds is 5. The lowest BCUT2D eigenvalue weighted by atomic mass is 10.2. The lowest BCUT2D eigenvalue weighted by Gasteiger charge is -2.14. The number of alkyl halides is 3. The van der Waals surface area contributed by atoms with Crippen LogP contribution >= 0.6 is 11.6 Å². The Kier molecular flexibility index (Phi) is 6.73. The highest BCUT2D eigenvalue weighted by Crippen LogP contribution is 2.36. The van der Waals surface area contributed by atoms with E-state index in [0.717, 1.165) is 23.6 Å². The zero-order chi connectivity index (χ0) is 23.5. The number of benzene rings is 2. The van der Waals surface area contributed by atoms with Gasteiger partial charge in [-0.2, -0.15) is 13.2 Å². The molecule has 1 heterocycles. The number of hydrogen-bond acceptors (Lipinski definition) is 5. The molecule has 0 saturated carbocycles. The van der Waals surface area contributed by atoms with Crippen molar-refractivity contribution < 1.29 is 18.0 Å². The fourth-order valence-corrected chi connectivity index (χ4v) is 2.97. The van der Waals surface area contributed by atoms with E-state index >= 15 is 0 Å². The topological polar surface area (TPSA) is 82.2 Å². The third-order valence-corrected chi connectivity index (χ3v) is 4.56. The van der Waals surface area contributed by atoms with E-state index < -0.39 is 22.8 Å². The molecule has 3 rings (SSSR count). The van der Waals surface area contributed by atoms with Crippen LogP contribution in [-0.2, 0) is 6.18 Å². The maximum Gasteiger partial charge on any atom is 0.417 e. The van der Waals surface area contributed by atoms with Crippen LogP contribution in [0.1, 0.15) is 11.4 Å². The summed E-state index contributed by atoms with van der Waals surface area (Å²) in [6.45, 7) is 1.79. The molecule has 0 fully saturated rings. The highest BCUT2D eigenvalue weighted by atomic mass is 35.5. The Morgan fingerprint density at radius 3 is 2.16 bits per heavy atom. The average Bonchev–Trinajstić information content (AvgIpc) is 2.69. The average molecular weight is 465 g/mol. The Morgan fingerprint density at radius 1 is 0.938 bits per heavy atom. The van der Waals surface area contributed by atoms with Crippen LogP contribution in [0.2, 0.25) is 5.02 Å². The summed E-state index contributed by atoms with van der Waals surface area (Å²) in [4.78, 5) is 22.7. The molecule has 0 spiro atoms. The number of hydrogen-bond donors (Lipinski definition) is 3. The van der Waals surface area contributed by atoms with E-state index in [0.29, 0.717) is 17.3 Å². The van der Waals surface area contributed by atoms with Gasteiger partial charge in [0.15, 0.2) is 0 Å². The second kappa shape index (κ2) is 9.31. The van der Waals surface area contributed by atoms with Crippen LogP contribution in [0.3, 0.4) is 0 Å². The van der Waals surface area contributed by atoms with Gasteiger partial charge in [0.25, 0.3) is 0 Å². The highest BCUT2D eigenvalue weighted by molar-refractivity contribution is 6.31. The highest BCUT2D eigenvalue weighted by Gasteiger charge is 2.33. The lowest BCUT2D eigenvalue weighted by molar-refractivity contribution is -0.137. The number of aromatic nitrogens is 2. The van der Waals surface area contributed by atoms with Crippen molar-refractivity contribution in [3.05, 3.63) is 64.9 Å². The zero-order valence-corrected chi connectivity index (χ0v) is 18.1. The minimum absolute atomic E-state index is 0.0339. The second-order valence-corrected chi connectivity index (χ2v) is 7.43. The van der Waals surface area contributed by atoms with E-state index in [1.807, 2.05) is 19.0 Å². The number of carbonyl (C=O) groups excluding carboxylic acids is 1. The van der Waals surface area contributed by atoms with Crippen molar-refractivity contribution in [2.24, 2.45) is 0 Å². The van der Waals surface area contributed by atoms with E-state index in [-0.39, 0.29) is 5.69 Å². The molecule has 0 aliphatic carbocycles. The summed E-state index contributed by atoms with van der Waals surface area (Å²) in [5, 5.41) is 7.64. The summed E-state index contributed by atoms with van der Waals surface area (Å²) in [6, 6.07) is 11.0. The molecule has 2 aromatic carbocycles. The number of carbonyl (C=O) groups is 1. The Balaban J connectivity index is 1.64. The molecule has 0 aliphatic rings. The van der Waals surface area contributed by atoms with Gasteiger partial charge >= 0.3 is 12.2 Å². The molecule has 0 saturated heterocycles. The van der Waals surface area contributed by atoms with Gasteiger partial charge in [-0.05, 0) is 49.4 Å². The van der Waals surface area contributed by atoms with Crippen molar-refractivity contribution in [3.8, 4) is 0 Å². The van der Waals surface area contributed by atoms with E-state index in [2.05, 4.69) is 25.9 Å². The van der Waals surface area contributed by atoms with E-state index in [1.165, 1.54) is 6.07 Å². The summed E-state index contributed by atoms with van der Waals surface area (Å²) in [6.07, 6.45) is -4.62. The van der Waals surface area contributed by atoms with Crippen molar-refractivity contribution >= 4 is 46.3 Å². The first kappa shape index (κ1) is 23.1. The minimum atomic E-state index is -4.62. The smallest absolute Gasteiger partial charge is 0.363 e. The fraction of sp³-hybridized carbons (Fsp3) is 0.190. The molecule has 11 heteroatoms. The number of urea groups is 1. The van der Waals surface area contributed by atoms with Crippen LogP contribution in [0.25, 0.3) is 0 Å². The Hall–Kier alpha value is -3.53. The van der Waals surface area contributed by atoms with Crippen molar-refractivity contribution in [2.75, 3.05) is 34.9 Å². The third kappa shape index (κ3) is 6.01. The lowest BCUT2D eigenvalue weighted by Crippen LogP contribution is -2.20. The standard InChI is InChI=1S/C21H20ClF3N6O/c1-12-26-18(11-19(27-12)31(2)3)28-13-4-6-14(7-5-13)29-20(32)30-15-8-9-17(22)16(10-15)21(23,24)25/h4-11H,1-3H3,(H,26,27,28)(H2,29,30,32). The fourth-order valence-electron chi connectivity index (χ4n) is 2.74. The number of nitrogens with zero attached hydrogens (tertiary/aromatic N) is 3. The van der Waals surface area contributed by atoms with Crippen LogP contribution in [0.15, 0.2) is 48.5 Å². The van der Waals surface area contributed by atoms with Gasteiger partial charge in [-0.3, -0.25) is 0 Å². The first-order valence-corrected chi connectivity index (χ1v) is 9.74. The van der Waals surface area contributed by atoms with Crippen LogP contribution in [-0.4, -0.2) is 30.1 Å². The Bertz CT molecular complexity index is 1120. The molecule has 0 bridgehead atoms. The van der Waals surface area contributed by atoms with Crippen molar-refractivity contribution in [3.63, 3.8) is 0 Å². The van der Waals surface area contributed by atoms with Gasteiger partial charge in [0.2, 0.25) is 0 Å². The van der Waals surface area contributed by atoms with E-state index in [4.69, 9.17) is 11.6 Å². The third-order valence-electron chi connectivity index (χ3n) is 4.23. The predicted molar refractivity (Wildman–Crippen MR) is 120 cm³/mol. The molecule has 0 radical (unpaired) electrons. The zero-order valence-electron chi connectivity index (χ0n) is 17.4. The maximum atomic E-state index is 13.0. The number of halogens is 4. The van der Waals surface area contributed by atoms with E-state index in [9.17, 15) is 18.0 Å². The van der Waals surface area contributed by atoms with Crippen LogP contribution in [0, 0.1) is 6.92 Å². The monoisotopic (exact) mass is 464 g/mol. The summed E-state index contributed by atoms with van der Waals surface area (Å²) in [7, 11) is 3.76. The van der Waals surface area contributed by atoms with Gasteiger partial charge in [0.1, 0.15) is 17.5 Å². The summed E-state index contributed by atoms with van der Waals surface area (Å²) < 4.78 is 38.9. The molecule has 0 aliphatic heterocycles. The summed E-state index contributed by atoms with van der Waals surface area (Å²) in [5.74, 6) is 1.98. The number of amides is 2. The predicted octanol–water partition coefficient (Wildman–Crippen LogP) is 5.91. The minimum Gasteiger partial charge on any atom is -0.363 e. The van der Waals surface area contributed by atoms with Crippen LogP contribution in [0.5, 0.6) is 0 Å². The maximum absolute atomic E-state index is 13.0. The molecule has 32 heavy (non-hydrogen) atoms. The molecule has 2 amide bonds. The Morgan fingerprint density at radius 2 is 1.53 bits per heavy atom. The largest absolute Gasteiger partial charge is 0.417 e. The van der Waals surface area contributed by atoms with Gasteiger partial charge in [-0.15, -0.1) is 0 Å². The van der Waals surface area contributed by atoms with Crippen molar-refractivity contribution in [1.29, 1.82) is 0 Å². The van der Waals surface area contributed by atoms with Gasteiger partial charge in [-0.25, -0.2) is 14.8 Å². The molecule has 3 N–H and O–H groups in total. The Labute approximate surface area is 187 Å². The summed E-state index contributed by atoms with van der Waals surface area (Å²) in [5.41, 5.74) is 0.121. The second-order valence-electron chi connectivity index (χ2n) is 7.03. The molecule has 0 atom stereocenters. The quantitative estimate of drug-likeness (QED) is 0.437. The first-order chi connectivity index (χ1) is 15.0. The molecule has 7 nitrogen and oxygen atoms in total. The van der Waals surface area contributed by atoms with Crippen LogP contribution < -0.4 is 20.9 Å². The van der Waals surface area contributed by atoms with E-state index in [1.54, 1.807) is 37.3 Å². The number of aryl methyl sites for hydroxylation is 1. The van der Waals surface area contributed by atoms with Crippen molar-refractivity contribution in [1.82, 2.24) is 9.97 Å².